The van der Waals surface area contributed by atoms with Crippen molar-refractivity contribution in [2.24, 2.45) is 0 Å². The summed E-state index contributed by atoms with van der Waals surface area (Å²) in [4.78, 5) is 25.6. The van der Waals surface area contributed by atoms with Gasteiger partial charge in [-0.3, -0.25) is 4.79 Å². The molecule has 2 aromatic heterocycles. The van der Waals surface area contributed by atoms with Crippen molar-refractivity contribution >= 4 is 23.0 Å². The van der Waals surface area contributed by atoms with Crippen LogP contribution in [0.4, 0.5) is 19.1 Å². The number of alkyl halides is 3. The SMILES string of the molecule is Nc1nc(OCc2ccc(CNC(=O)C(F)(F)F)cc2)c2[nH]cnc2n1. The quantitative estimate of drug-likeness (QED) is 0.632. The van der Waals surface area contributed by atoms with Gasteiger partial charge in [0.2, 0.25) is 11.8 Å². The van der Waals surface area contributed by atoms with E-state index in [1.54, 1.807) is 29.6 Å². The number of nitrogens with two attached hydrogens (primary N) is 1. The summed E-state index contributed by atoms with van der Waals surface area (Å²) in [5.74, 6) is -1.71. The number of carbonyl (C=O) groups excluding carboxylic acids is 1. The summed E-state index contributed by atoms with van der Waals surface area (Å²) in [5.41, 5.74) is 7.75. The van der Waals surface area contributed by atoms with E-state index in [2.05, 4.69) is 19.9 Å². The lowest BCUT2D eigenvalue weighted by atomic mass is 10.1. The number of aromatic nitrogens is 4. The van der Waals surface area contributed by atoms with Gasteiger partial charge in [-0.15, -0.1) is 0 Å². The van der Waals surface area contributed by atoms with Gasteiger partial charge in [0.05, 0.1) is 6.33 Å². The van der Waals surface area contributed by atoms with Gasteiger partial charge in [-0.1, -0.05) is 24.3 Å². The van der Waals surface area contributed by atoms with Crippen LogP contribution in [0.3, 0.4) is 0 Å². The molecular weight excluding hydrogens is 353 g/mol. The zero-order valence-corrected chi connectivity index (χ0v) is 13.2. The predicted molar refractivity (Wildman–Crippen MR) is 84.8 cm³/mol. The van der Waals surface area contributed by atoms with Crippen LogP contribution in [0.15, 0.2) is 30.6 Å². The Morgan fingerprint density at radius 1 is 1.19 bits per heavy atom. The number of ether oxygens (including phenoxy) is 1. The molecule has 0 saturated heterocycles. The van der Waals surface area contributed by atoms with Crippen LogP contribution in [0, 0.1) is 0 Å². The van der Waals surface area contributed by atoms with Crippen molar-refractivity contribution in [3.05, 3.63) is 41.7 Å². The summed E-state index contributed by atoms with van der Waals surface area (Å²) >= 11 is 0. The molecule has 0 unspecified atom stereocenters. The fraction of sp³-hybridized carbons (Fsp3) is 0.200. The predicted octanol–water partition coefficient (Wildman–Crippen LogP) is 1.69. The van der Waals surface area contributed by atoms with Gasteiger partial charge in [0.25, 0.3) is 0 Å². The van der Waals surface area contributed by atoms with E-state index in [4.69, 9.17) is 10.5 Å². The van der Waals surface area contributed by atoms with Crippen molar-refractivity contribution < 1.29 is 22.7 Å². The van der Waals surface area contributed by atoms with Gasteiger partial charge in [0.1, 0.15) is 12.1 Å². The van der Waals surface area contributed by atoms with Gasteiger partial charge < -0.3 is 20.8 Å². The van der Waals surface area contributed by atoms with E-state index in [0.717, 1.165) is 5.56 Å². The zero-order chi connectivity index (χ0) is 18.7. The zero-order valence-electron chi connectivity index (χ0n) is 13.2. The van der Waals surface area contributed by atoms with Crippen LogP contribution in [-0.2, 0) is 17.9 Å². The van der Waals surface area contributed by atoms with Gasteiger partial charge >= 0.3 is 12.1 Å². The van der Waals surface area contributed by atoms with E-state index < -0.39 is 12.1 Å². The largest absolute Gasteiger partial charge is 0.471 e. The molecule has 8 nitrogen and oxygen atoms in total. The maximum absolute atomic E-state index is 12.1. The summed E-state index contributed by atoms with van der Waals surface area (Å²) in [6.45, 7) is -0.0730. The van der Waals surface area contributed by atoms with Crippen LogP contribution >= 0.6 is 0 Å². The lowest BCUT2D eigenvalue weighted by Gasteiger charge is -2.09. The number of anilines is 1. The maximum atomic E-state index is 12.1. The van der Waals surface area contributed by atoms with E-state index in [-0.39, 0.29) is 25.0 Å². The third-order valence-electron chi connectivity index (χ3n) is 3.38. The average Bonchev–Trinajstić information content (AvgIpc) is 3.06. The number of rotatable bonds is 5. The number of imidazole rings is 1. The third-order valence-corrected chi connectivity index (χ3v) is 3.38. The van der Waals surface area contributed by atoms with Gasteiger partial charge in [-0.25, -0.2) is 4.98 Å². The van der Waals surface area contributed by atoms with Crippen molar-refractivity contribution in [3.63, 3.8) is 0 Å². The van der Waals surface area contributed by atoms with Crippen LogP contribution in [-0.4, -0.2) is 32.0 Å². The van der Waals surface area contributed by atoms with E-state index >= 15 is 0 Å². The van der Waals surface area contributed by atoms with Crippen LogP contribution in [0.2, 0.25) is 0 Å². The Morgan fingerprint density at radius 3 is 2.58 bits per heavy atom. The minimum Gasteiger partial charge on any atom is -0.471 e. The molecule has 0 saturated carbocycles. The maximum Gasteiger partial charge on any atom is 0.471 e. The number of benzene rings is 1. The van der Waals surface area contributed by atoms with Crippen LogP contribution in [0.25, 0.3) is 11.2 Å². The van der Waals surface area contributed by atoms with Crippen molar-refractivity contribution in [1.29, 1.82) is 0 Å². The Balaban J connectivity index is 1.61. The number of halogens is 3. The van der Waals surface area contributed by atoms with Crippen molar-refractivity contribution in [1.82, 2.24) is 25.3 Å². The first-order chi connectivity index (χ1) is 12.3. The Labute approximate surface area is 144 Å². The lowest BCUT2D eigenvalue weighted by Crippen LogP contribution is -2.36. The topological polar surface area (TPSA) is 119 Å². The molecule has 0 fully saturated rings. The molecule has 11 heteroatoms. The van der Waals surface area contributed by atoms with Crippen molar-refractivity contribution in [3.8, 4) is 5.88 Å². The molecule has 1 aromatic carbocycles. The van der Waals surface area contributed by atoms with Gasteiger partial charge in [-0.2, -0.15) is 23.1 Å². The fourth-order valence-electron chi connectivity index (χ4n) is 2.11. The van der Waals surface area contributed by atoms with Gasteiger partial charge in [0.15, 0.2) is 5.65 Å². The standard InChI is InChI=1S/C15H13F3N6O2/c16-15(17,18)13(25)20-5-8-1-3-9(4-2-8)6-26-12-10-11(22-7-21-10)23-14(19)24-12/h1-4,7H,5-6H2,(H,20,25)(H3,19,21,22,23,24). The monoisotopic (exact) mass is 366 g/mol. The van der Waals surface area contributed by atoms with Gasteiger partial charge in [0, 0.05) is 6.54 Å². The Kier molecular flexibility index (Phi) is 4.61. The second-order valence-corrected chi connectivity index (χ2v) is 5.27. The van der Waals surface area contributed by atoms with Crippen LogP contribution in [0.5, 0.6) is 5.88 Å². The molecule has 0 aliphatic rings. The second kappa shape index (κ2) is 6.86. The molecule has 0 atom stereocenters. The Morgan fingerprint density at radius 2 is 1.88 bits per heavy atom. The molecule has 0 bridgehead atoms. The summed E-state index contributed by atoms with van der Waals surface area (Å²) < 4.78 is 42.0. The number of nitrogens with one attached hydrogen (secondary N) is 2. The average molecular weight is 366 g/mol. The molecule has 4 N–H and O–H groups in total. The van der Waals surface area contributed by atoms with Crippen LogP contribution < -0.4 is 15.8 Å². The number of amides is 1. The number of nitrogens with zero attached hydrogens (tertiary/aromatic N) is 3. The number of hydrogen-bond donors (Lipinski definition) is 3. The molecule has 1 amide bonds. The number of aromatic amines is 1. The van der Waals surface area contributed by atoms with E-state index in [1.165, 1.54) is 6.33 Å². The lowest BCUT2D eigenvalue weighted by molar-refractivity contribution is -0.173. The molecule has 0 aliphatic carbocycles. The second-order valence-electron chi connectivity index (χ2n) is 5.27. The molecule has 2 heterocycles. The first kappa shape index (κ1) is 17.5. The molecule has 0 radical (unpaired) electrons. The number of hydrogen-bond acceptors (Lipinski definition) is 6. The minimum atomic E-state index is -4.90. The molecule has 0 spiro atoms. The van der Waals surface area contributed by atoms with E-state index in [1.807, 2.05) is 0 Å². The van der Waals surface area contributed by atoms with Crippen LogP contribution in [0.1, 0.15) is 11.1 Å². The Hall–Kier alpha value is -3.37. The highest BCUT2D eigenvalue weighted by Crippen LogP contribution is 2.21. The molecule has 26 heavy (non-hydrogen) atoms. The minimum absolute atomic E-state index is 0.0235. The van der Waals surface area contributed by atoms with Gasteiger partial charge in [-0.05, 0) is 11.1 Å². The number of H-pyrrole nitrogens is 1. The van der Waals surface area contributed by atoms with Crippen molar-refractivity contribution in [2.45, 2.75) is 19.3 Å². The molecular formula is C15H13F3N6O2. The van der Waals surface area contributed by atoms with Crippen molar-refractivity contribution in [2.75, 3.05) is 5.73 Å². The third kappa shape index (κ3) is 3.99. The first-order valence-electron chi connectivity index (χ1n) is 7.35. The number of fused-ring (bicyclic) bond motifs is 1. The molecule has 3 rings (SSSR count). The highest BCUT2D eigenvalue weighted by Gasteiger charge is 2.38. The Bertz CT molecular complexity index is 923. The smallest absolute Gasteiger partial charge is 0.471 e. The number of nitrogen functional groups attached to an aromatic ring is 1. The number of carbonyl (C=O) groups is 1. The molecule has 0 aliphatic heterocycles. The normalized spacial score (nSPS) is 11.5. The summed E-state index contributed by atoms with van der Waals surface area (Å²) in [6, 6.07) is 6.53. The van der Waals surface area contributed by atoms with E-state index in [0.29, 0.717) is 16.7 Å². The molecule has 3 aromatic rings. The fourth-order valence-corrected chi connectivity index (χ4v) is 2.11. The summed E-state index contributed by atoms with van der Waals surface area (Å²) in [5, 5.41) is 1.80. The summed E-state index contributed by atoms with van der Waals surface area (Å²) in [6.07, 6.45) is -3.46. The molecule has 136 valence electrons. The highest BCUT2D eigenvalue weighted by atomic mass is 19.4. The first-order valence-corrected chi connectivity index (χ1v) is 7.35. The highest BCUT2D eigenvalue weighted by molar-refractivity contribution is 5.81. The van der Waals surface area contributed by atoms with E-state index in [9.17, 15) is 18.0 Å². The summed E-state index contributed by atoms with van der Waals surface area (Å²) in [7, 11) is 0.